The Kier molecular flexibility index (Phi) is 20.1. The standard InChI is InChI=1S/C51H72ClN5O15/c1-11-37(58)35(29-55(6)49(64)69-34-19-15-13-12-14-16-20-34)53-47(62)68-23-22-42(59)56(7)32(4)46(61)71-41-27-43(60)57(8)36-25-33(26-38(66-9)44(36)52)24-30(2)18-17-21-40(67-10)51(65)28-39(70-48(63)54-51)31(3)45-50(41,5)72-45/h15,17-19,21,25-26,31-32,34-35,39-41,45,65H,11-14,16,20,22-24,27-29H2,1-10H3,(H,53,62)(H,54,63)/b19-15+,21-17+,30-18+/t31-,32+,34?,35?,39+,40-,41+,45+,50+,51+/m1/s1. The van der Waals surface area contributed by atoms with Crippen LogP contribution in [0.1, 0.15) is 98.0 Å². The highest BCUT2D eigenvalue weighted by atomic mass is 35.5. The van der Waals surface area contributed by atoms with Gasteiger partial charge in [0.25, 0.3) is 0 Å². The topological polar surface area (TPSA) is 241 Å². The van der Waals surface area contributed by atoms with Gasteiger partial charge in [-0.1, -0.05) is 61.7 Å². The molecule has 4 aliphatic rings. The molecule has 21 heteroatoms. The van der Waals surface area contributed by atoms with Crippen LogP contribution in [0.2, 0.25) is 5.02 Å². The van der Waals surface area contributed by atoms with Gasteiger partial charge in [-0.2, -0.15) is 0 Å². The number of carbonyl (C=O) groups is 7. The maximum Gasteiger partial charge on any atom is 0.410 e. The summed E-state index contributed by atoms with van der Waals surface area (Å²) in [7, 11) is 7.22. The number of fused-ring (bicyclic) bond motifs is 5. The van der Waals surface area contributed by atoms with Gasteiger partial charge in [-0.05, 0) is 76.6 Å². The summed E-state index contributed by atoms with van der Waals surface area (Å²) < 4.78 is 40.2. The van der Waals surface area contributed by atoms with Gasteiger partial charge < -0.3 is 58.3 Å². The number of ketones is 1. The van der Waals surface area contributed by atoms with E-state index in [9.17, 15) is 38.7 Å². The van der Waals surface area contributed by atoms with Crippen LogP contribution < -0.4 is 20.3 Å². The van der Waals surface area contributed by atoms with E-state index < -0.39 is 109 Å². The molecule has 2 unspecified atom stereocenters. The Morgan fingerprint density at radius 3 is 2.51 bits per heavy atom. The molecule has 3 heterocycles. The Morgan fingerprint density at radius 1 is 1.08 bits per heavy atom. The summed E-state index contributed by atoms with van der Waals surface area (Å²) in [5, 5.41) is 17.0. The molecule has 1 aromatic rings. The molecule has 2 fully saturated rings. The number of ether oxygens (including phenoxy) is 7. The largest absolute Gasteiger partial charge is 0.495 e. The highest BCUT2D eigenvalue weighted by molar-refractivity contribution is 6.35. The number of esters is 1. The Balaban J connectivity index is 1.28. The third-order valence-electron chi connectivity index (χ3n) is 13.8. The number of hydrogen-bond acceptors (Lipinski definition) is 15. The van der Waals surface area contributed by atoms with Crippen LogP contribution in [0.5, 0.6) is 5.75 Å². The maximum atomic E-state index is 14.3. The number of aliphatic hydroxyl groups is 1. The Morgan fingerprint density at radius 2 is 1.82 bits per heavy atom. The van der Waals surface area contributed by atoms with Crippen molar-refractivity contribution in [1.29, 1.82) is 0 Å². The number of methoxy groups -OCH3 is 2. The van der Waals surface area contributed by atoms with Crippen molar-refractivity contribution in [3.8, 4) is 5.75 Å². The fourth-order valence-electron chi connectivity index (χ4n) is 9.08. The summed E-state index contributed by atoms with van der Waals surface area (Å²) in [6.07, 6.45) is 6.34. The number of amides is 5. The molecule has 20 nitrogen and oxygen atoms in total. The first kappa shape index (κ1) is 57.2. The third-order valence-corrected chi connectivity index (χ3v) is 14.2. The van der Waals surface area contributed by atoms with Crippen LogP contribution >= 0.6 is 11.6 Å². The van der Waals surface area contributed by atoms with Crippen molar-refractivity contribution in [2.75, 3.05) is 53.4 Å². The lowest BCUT2D eigenvalue weighted by Crippen LogP contribution is -2.63. The predicted octanol–water partition coefficient (Wildman–Crippen LogP) is 5.94. The number of carbonyl (C=O) groups excluding carboxylic acids is 7. The number of anilines is 1. The van der Waals surface area contributed by atoms with E-state index in [1.165, 1.54) is 52.1 Å². The number of likely N-dealkylation sites (N-methyl/N-ethyl adjacent to an activating group) is 2. The van der Waals surface area contributed by atoms with Crippen molar-refractivity contribution in [3.63, 3.8) is 0 Å². The zero-order chi connectivity index (χ0) is 53.1. The molecule has 72 heavy (non-hydrogen) atoms. The highest BCUT2D eigenvalue weighted by Crippen LogP contribution is 2.49. The maximum absolute atomic E-state index is 14.3. The summed E-state index contributed by atoms with van der Waals surface area (Å²) in [6.45, 7) is 7.75. The first-order chi connectivity index (χ1) is 34.0. The lowest BCUT2D eigenvalue weighted by atomic mass is 9.83. The normalized spacial score (nSPS) is 29.1. The van der Waals surface area contributed by atoms with Crippen molar-refractivity contribution in [1.82, 2.24) is 20.4 Å². The number of nitrogens with zero attached hydrogens (tertiary/aromatic N) is 3. The van der Waals surface area contributed by atoms with E-state index in [2.05, 4.69) is 10.6 Å². The molecule has 2 saturated heterocycles. The van der Waals surface area contributed by atoms with Gasteiger partial charge in [0.2, 0.25) is 11.8 Å². The summed E-state index contributed by atoms with van der Waals surface area (Å²) in [5.74, 6) is -2.66. The number of hydrogen-bond donors (Lipinski definition) is 3. The number of rotatable bonds is 14. The molecule has 10 atom stereocenters. The average Bonchev–Trinajstić information content (AvgIpc) is 4.03. The first-order valence-electron chi connectivity index (χ1n) is 24.4. The van der Waals surface area contributed by atoms with E-state index >= 15 is 0 Å². The fourth-order valence-corrected chi connectivity index (χ4v) is 9.39. The summed E-state index contributed by atoms with van der Waals surface area (Å²) in [6, 6.07) is 1.17. The molecular formula is C51H72ClN5O15. The quantitative estimate of drug-likeness (QED) is 0.0846. The van der Waals surface area contributed by atoms with Crippen LogP contribution in [0, 0.1) is 5.92 Å². The average molecular weight is 1030 g/mol. The smallest absolute Gasteiger partial charge is 0.410 e. The second kappa shape index (κ2) is 25.3. The van der Waals surface area contributed by atoms with Crippen LogP contribution in [0.3, 0.4) is 0 Å². The van der Waals surface area contributed by atoms with Crippen molar-refractivity contribution in [2.24, 2.45) is 5.92 Å². The zero-order valence-electron chi connectivity index (χ0n) is 43.0. The SMILES string of the molecule is CCC(=O)C(CN(C)C(=O)OC1/C=C/CCCCC1)NC(=O)OCCC(=O)N(C)[C@@H](C)C(=O)O[C@H]1CC(=O)N(C)c2cc(cc(OC)c2Cl)C/C(C)=C/C=C/[C@@H](OC)[C@@]2(O)C[C@H](OC(=O)N2)[C@@H](C)[C@@H]2O[C@@]12C. The van der Waals surface area contributed by atoms with Crippen molar-refractivity contribution < 1.29 is 71.8 Å². The summed E-state index contributed by atoms with van der Waals surface area (Å²) in [4.78, 5) is 97.2. The van der Waals surface area contributed by atoms with Crippen molar-refractivity contribution >= 4 is 59.1 Å². The van der Waals surface area contributed by atoms with E-state index in [-0.39, 0.29) is 36.6 Å². The molecule has 4 bridgehead atoms. The monoisotopic (exact) mass is 1030 g/mol. The second-order valence-corrected chi connectivity index (χ2v) is 19.6. The minimum atomic E-state index is -1.89. The predicted molar refractivity (Wildman–Crippen MR) is 264 cm³/mol. The summed E-state index contributed by atoms with van der Waals surface area (Å²) in [5.41, 5.74) is -1.26. The first-order valence-corrected chi connectivity index (χ1v) is 24.8. The fraction of sp³-hybridized carbons (Fsp3) is 0.627. The molecule has 1 aromatic carbocycles. The van der Waals surface area contributed by atoms with Gasteiger partial charge in [0.1, 0.15) is 59.5 Å². The lowest BCUT2D eigenvalue weighted by molar-refractivity contribution is -0.162. The van der Waals surface area contributed by atoms with Crippen LogP contribution in [0.4, 0.5) is 20.1 Å². The molecule has 398 valence electrons. The van der Waals surface area contributed by atoms with Gasteiger partial charge in [-0.15, -0.1) is 0 Å². The van der Waals surface area contributed by atoms with Gasteiger partial charge in [-0.3, -0.25) is 19.7 Å². The molecule has 0 saturated carbocycles. The van der Waals surface area contributed by atoms with Gasteiger partial charge in [0, 0.05) is 47.0 Å². The number of benzene rings is 1. The Labute approximate surface area is 426 Å². The minimum Gasteiger partial charge on any atom is -0.495 e. The number of nitrogens with one attached hydrogen (secondary N) is 2. The third kappa shape index (κ3) is 14.5. The number of halogens is 1. The van der Waals surface area contributed by atoms with Crippen LogP contribution in [-0.4, -0.2) is 159 Å². The lowest BCUT2D eigenvalue weighted by Gasteiger charge is -2.42. The number of epoxide rings is 1. The second-order valence-electron chi connectivity index (χ2n) is 19.2. The molecule has 1 aliphatic carbocycles. The van der Waals surface area contributed by atoms with Gasteiger partial charge in [0.05, 0.1) is 38.3 Å². The van der Waals surface area contributed by atoms with E-state index in [4.69, 9.17) is 44.8 Å². The van der Waals surface area contributed by atoms with Gasteiger partial charge >= 0.3 is 24.2 Å². The molecule has 0 aromatic heterocycles. The van der Waals surface area contributed by atoms with E-state index in [1.54, 1.807) is 45.1 Å². The molecule has 0 spiro atoms. The Hall–Kier alpha value is -5.70. The van der Waals surface area contributed by atoms with Crippen LogP contribution in [0.15, 0.2) is 48.1 Å². The molecule has 3 N–H and O–H groups in total. The van der Waals surface area contributed by atoms with Gasteiger partial charge in [0.15, 0.2) is 11.5 Å². The van der Waals surface area contributed by atoms with Crippen molar-refractivity contribution in [3.05, 3.63) is 58.7 Å². The van der Waals surface area contributed by atoms with E-state index in [0.717, 1.165) is 41.7 Å². The van der Waals surface area contributed by atoms with E-state index in [1.807, 2.05) is 25.2 Å². The highest BCUT2D eigenvalue weighted by Gasteiger charge is 2.64. The molecule has 5 amide bonds. The molecule has 3 aliphatic heterocycles. The molecular weight excluding hydrogens is 958 g/mol. The van der Waals surface area contributed by atoms with Crippen LogP contribution in [-0.2, 0) is 54.0 Å². The number of alkyl carbamates (subject to hydrolysis) is 2. The van der Waals surface area contributed by atoms with Gasteiger partial charge in [-0.25, -0.2) is 19.2 Å². The number of allylic oxidation sites excluding steroid dienone is 4. The minimum absolute atomic E-state index is 0.0631. The van der Waals surface area contributed by atoms with Crippen LogP contribution in [0.25, 0.3) is 0 Å². The summed E-state index contributed by atoms with van der Waals surface area (Å²) >= 11 is 6.80. The van der Waals surface area contributed by atoms with E-state index in [0.29, 0.717) is 24.3 Å². The molecule has 0 radical (unpaired) electrons. The molecule has 5 rings (SSSR count). The number of Topliss-reactive ketones (excluding diaryl/α,β-unsaturated/α-hetero) is 1. The van der Waals surface area contributed by atoms with Crippen molar-refractivity contribution in [2.45, 2.75) is 153 Å². The Bertz CT molecular complexity index is 2260. The zero-order valence-corrected chi connectivity index (χ0v) is 43.8.